The molecule has 0 bridgehead atoms. The van der Waals surface area contributed by atoms with Gasteiger partial charge in [0.05, 0.1) is 11.6 Å². The van der Waals surface area contributed by atoms with Gasteiger partial charge in [0, 0.05) is 13.6 Å². The molecule has 3 aromatic rings. The van der Waals surface area contributed by atoms with Gasteiger partial charge in [0.15, 0.2) is 5.65 Å². The zero-order valence-electron chi connectivity index (χ0n) is 10.3. The van der Waals surface area contributed by atoms with Crippen LogP contribution in [0.5, 0.6) is 0 Å². The molecule has 0 aliphatic rings. The normalized spacial score (nSPS) is 11.1. The van der Waals surface area contributed by atoms with E-state index in [1.54, 1.807) is 17.9 Å². The van der Waals surface area contributed by atoms with Crippen LogP contribution in [0.25, 0.3) is 11.0 Å². The summed E-state index contributed by atoms with van der Waals surface area (Å²) < 4.78 is 1.59. The first-order valence-electron chi connectivity index (χ1n) is 5.63. The van der Waals surface area contributed by atoms with Gasteiger partial charge in [0.25, 0.3) is 0 Å². The van der Waals surface area contributed by atoms with E-state index in [4.69, 9.17) is 0 Å². The molecule has 0 unspecified atom stereocenters. The topological polar surface area (TPSA) is 110 Å². The van der Waals surface area contributed by atoms with Crippen molar-refractivity contribution in [2.75, 3.05) is 11.9 Å². The van der Waals surface area contributed by atoms with Gasteiger partial charge >= 0.3 is 0 Å². The average Bonchev–Trinajstić information content (AvgIpc) is 3.00. The monoisotopic (exact) mass is 277 g/mol. The lowest BCUT2D eigenvalue weighted by Gasteiger charge is -2.04. The molecule has 0 amide bonds. The van der Waals surface area contributed by atoms with Crippen LogP contribution in [0.2, 0.25) is 0 Å². The van der Waals surface area contributed by atoms with E-state index in [0.29, 0.717) is 16.8 Å². The van der Waals surface area contributed by atoms with Crippen molar-refractivity contribution in [3.63, 3.8) is 0 Å². The molecule has 3 rings (SSSR count). The first-order valence-corrected chi connectivity index (χ1v) is 6.44. The third kappa shape index (κ3) is 2.21. The molecule has 10 heteroatoms. The van der Waals surface area contributed by atoms with Crippen molar-refractivity contribution in [3.05, 3.63) is 6.20 Å². The molecule has 2 N–H and O–H groups in total. The van der Waals surface area contributed by atoms with Crippen LogP contribution in [0, 0.1) is 0 Å². The second kappa shape index (κ2) is 4.80. The van der Waals surface area contributed by atoms with Gasteiger partial charge in [-0.05, 0) is 29.1 Å². The minimum Gasteiger partial charge on any atom is -0.354 e. The molecule has 9 nitrogen and oxygen atoms in total. The third-order valence-corrected chi connectivity index (χ3v) is 3.41. The Morgan fingerprint density at radius 3 is 3.05 bits per heavy atom. The van der Waals surface area contributed by atoms with Gasteiger partial charge in [-0.15, -0.1) is 5.10 Å². The van der Waals surface area contributed by atoms with E-state index in [9.17, 15) is 0 Å². The lowest BCUT2D eigenvalue weighted by atomic mass is 10.4. The largest absolute Gasteiger partial charge is 0.354 e. The summed E-state index contributed by atoms with van der Waals surface area (Å²) in [5, 5.41) is 23.5. The standard InChI is InChI=1S/C9H11N9S/c1-3-10-8-12-6-5(4-11-14-6)7(13-8)19-9-15-16-17-18(9)2/h4H,3H2,1-2H3,(H2,10,11,12,13,14). The summed E-state index contributed by atoms with van der Waals surface area (Å²) in [7, 11) is 1.78. The van der Waals surface area contributed by atoms with Crippen LogP contribution in [0.4, 0.5) is 5.95 Å². The molecular formula is C9H11N9S. The number of hydrogen-bond donors (Lipinski definition) is 2. The molecule has 3 heterocycles. The van der Waals surface area contributed by atoms with Crippen LogP contribution in [0.15, 0.2) is 16.4 Å². The highest BCUT2D eigenvalue weighted by atomic mass is 32.2. The maximum Gasteiger partial charge on any atom is 0.225 e. The van der Waals surface area contributed by atoms with Gasteiger partial charge in [0.1, 0.15) is 5.03 Å². The predicted molar refractivity (Wildman–Crippen MR) is 68.8 cm³/mol. The van der Waals surface area contributed by atoms with E-state index in [2.05, 4.69) is 41.0 Å². The maximum atomic E-state index is 4.45. The molecule has 0 fully saturated rings. The number of hydrogen-bond acceptors (Lipinski definition) is 8. The Balaban J connectivity index is 2.05. The smallest absolute Gasteiger partial charge is 0.225 e. The third-order valence-electron chi connectivity index (χ3n) is 2.38. The summed E-state index contributed by atoms with van der Waals surface area (Å²) in [6.45, 7) is 2.73. The number of aryl methyl sites for hydroxylation is 1. The van der Waals surface area contributed by atoms with Crippen molar-refractivity contribution in [2.45, 2.75) is 17.1 Å². The summed E-state index contributed by atoms with van der Waals surface area (Å²) in [6, 6.07) is 0. The summed E-state index contributed by atoms with van der Waals surface area (Å²) in [4.78, 5) is 8.78. The predicted octanol–water partition coefficient (Wildman–Crippen LogP) is 0.459. The van der Waals surface area contributed by atoms with E-state index in [0.717, 1.165) is 17.0 Å². The Morgan fingerprint density at radius 2 is 2.32 bits per heavy atom. The van der Waals surface area contributed by atoms with Crippen LogP contribution in [-0.2, 0) is 7.05 Å². The van der Waals surface area contributed by atoms with E-state index in [-0.39, 0.29) is 0 Å². The average molecular weight is 277 g/mol. The van der Waals surface area contributed by atoms with Crippen molar-refractivity contribution in [2.24, 2.45) is 7.05 Å². The lowest BCUT2D eigenvalue weighted by Crippen LogP contribution is -2.03. The summed E-state index contributed by atoms with van der Waals surface area (Å²) >= 11 is 1.37. The van der Waals surface area contributed by atoms with Crippen molar-refractivity contribution < 1.29 is 0 Å². The fourth-order valence-corrected chi connectivity index (χ4v) is 2.33. The maximum absolute atomic E-state index is 4.45. The van der Waals surface area contributed by atoms with E-state index in [1.165, 1.54) is 11.8 Å². The highest BCUT2D eigenvalue weighted by Crippen LogP contribution is 2.29. The first-order chi connectivity index (χ1) is 9.28. The van der Waals surface area contributed by atoms with E-state index >= 15 is 0 Å². The van der Waals surface area contributed by atoms with Crippen LogP contribution >= 0.6 is 11.8 Å². The molecule has 0 spiro atoms. The quantitative estimate of drug-likeness (QED) is 0.662. The number of anilines is 1. The van der Waals surface area contributed by atoms with Gasteiger partial charge in [0.2, 0.25) is 11.1 Å². The summed E-state index contributed by atoms with van der Waals surface area (Å²) in [5.41, 5.74) is 0.684. The number of nitrogens with zero attached hydrogens (tertiary/aromatic N) is 7. The molecular weight excluding hydrogens is 266 g/mol. The molecule has 0 saturated heterocycles. The number of tetrazole rings is 1. The fraction of sp³-hybridized carbons (Fsp3) is 0.333. The molecule has 0 radical (unpaired) electrons. The number of fused-ring (bicyclic) bond motifs is 1. The van der Waals surface area contributed by atoms with Crippen molar-refractivity contribution in [1.82, 2.24) is 40.4 Å². The molecule has 98 valence electrons. The van der Waals surface area contributed by atoms with E-state index < -0.39 is 0 Å². The number of H-pyrrole nitrogens is 1. The Hall–Kier alpha value is -2.23. The molecule has 0 saturated carbocycles. The van der Waals surface area contributed by atoms with Crippen LogP contribution in [0.1, 0.15) is 6.92 Å². The first kappa shape index (κ1) is 11.8. The number of aromatic amines is 1. The molecule has 0 aromatic carbocycles. The molecule has 0 atom stereocenters. The van der Waals surface area contributed by atoms with Crippen LogP contribution < -0.4 is 5.32 Å². The molecule has 19 heavy (non-hydrogen) atoms. The zero-order chi connectivity index (χ0) is 13.2. The number of nitrogens with one attached hydrogen (secondary N) is 2. The number of aromatic nitrogens is 8. The highest BCUT2D eigenvalue weighted by Gasteiger charge is 2.13. The zero-order valence-corrected chi connectivity index (χ0v) is 11.1. The van der Waals surface area contributed by atoms with Crippen molar-refractivity contribution >= 4 is 28.7 Å². The highest BCUT2D eigenvalue weighted by molar-refractivity contribution is 7.99. The summed E-state index contributed by atoms with van der Waals surface area (Å²) in [5.74, 6) is 0.553. The second-order valence-corrected chi connectivity index (χ2v) is 4.66. The number of rotatable bonds is 4. The second-order valence-electron chi connectivity index (χ2n) is 3.70. The van der Waals surface area contributed by atoms with Gasteiger partial charge in [-0.1, -0.05) is 0 Å². The van der Waals surface area contributed by atoms with Gasteiger partial charge < -0.3 is 5.32 Å². The minimum absolute atomic E-state index is 0.553. The van der Waals surface area contributed by atoms with Crippen molar-refractivity contribution in [3.8, 4) is 0 Å². The Morgan fingerprint density at radius 1 is 1.42 bits per heavy atom. The summed E-state index contributed by atoms with van der Waals surface area (Å²) in [6.07, 6.45) is 1.69. The Kier molecular flexibility index (Phi) is 2.99. The van der Waals surface area contributed by atoms with Gasteiger partial charge in [-0.3, -0.25) is 5.10 Å². The van der Waals surface area contributed by atoms with Crippen LogP contribution in [-0.4, -0.2) is 46.9 Å². The Bertz CT molecular complexity index is 703. The van der Waals surface area contributed by atoms with E-state index in [1.807, 2.05) is 6.92 Å². The van der Waals surface area contributed by atoms with Gasteiger partial charge in [-0.2, -0.15) is 10.1 Å². The minimum atomic E-state index is 0.553. The van der Waals surface area contributed by atoms with Gasteiger partial charge in [-0.25, -0.2) is 9.67 Å². The van der Waals surface area contributed by atoms with Crippen LogP contribution in [0.3, 0.4) is 0 Å². The fourth-order valence-electron chi connectivity index (χ4n) is 1.52. The molecule has 0 aliphatic heterocycles. The SMILES string of the molecule is CCNc1nc(Sc2nnnn2C)c2cn[nH]c2n1. The molecule has 3 aromatic heterocycles. The Labute approximate surface area is 112 Å². The van der Waals surface area contributed by atoms with Crippen molar-refractivity contribution in [1.29, 1.82) is 0 Å². The lowest BCUT2D eigenvalue weighted by molar-refractivity contribution is 0.664. The molecule has 0 aliphatic carbocycles.